The van der Waals surface area contributed by atoms with E-state index in [0.717, 1.165) is 28.5 Å². The molecule has 0 saturated carbocycles. The molecule has 0 fully saturated rings. The molecule has 0 radical (unpaired) electrons. The Kier molecular flexibility index (Phi) is 6.17. The highest BCUT2D eigenvalue weighted by Crippen LogP contribution is 2.37. The minimum atomic E-state index is -0.649. The van der Waals surface area contributed by atoms with Gasteiger partial charge in [0.25, 0.3) is 0 Å². The third kappa shape index (κ3) is 4.10. The van der Waals surface area contributed by atoms with Gasteiger partial charge in [-0.1, -0.05) is 121 Å². The number of carbonyl (C=O) groups is 1. The summed E-state index contributed by atoms with van der Waals surface area (Å²) in [5.41, 5.74) is 3.78. The first-order chi connectivity index (χ1) is 14.8. The maximum atomic E-state index is 12.2. The van der Waals surface area contributed by atoms with Gasteiger partial charge in [0.2, 0.25) is 0 Å². The van der Waals surface area contributed by atoms with E-state index < -0.39 is 5.54 Å². The fourth-order valence-corrected chi connectivity index (χ4v) is 4.09. The zero-order chi connectivity index (χ0) is 20.7. The van der Waals surface area contributed by atoms with Crippen molar-refractivity contribution in [3.63, 3.8) is 0 Å². The van der Waals surface area contributed by atoms with Gasteiger partial charge >= 0.3 is 0 Å². The van der Waals surface area contributed by atoms with Crippen LogP contribution in [0.1, 0.15) is 22.3 Å². The Hall–Kier alpha value is -3.49. The van der Waals surface area contributed by atoms with E-state index >= 15 is 0 Å². The van der Waals surface area contributed by atoms with Crippen molar-refractivity contribution >= 4 is 6.29 Å². The monoisotopic (exact) mass is 391 g/mol. The molecule has 0 aliphatic heterocycles. The molecule has 0 aromatic heterocycles. The number of carbonyl (C=O) groups excluding carboxylic acids is 1. The topological polar surface area (TPSA) is 29.1 Å². The molecular formula is C28H25NO. The first-order valence-electron chi connectivity index (χ1n) is 10.3. The Morgan fingerprint density at radius 1 is 0.600 bits per heavy atom. The fraction of sp³-hybridized carbons (Fsp3) is 0.107. The molecule has 30 heavy (non-hydrogen) atoms. The predicted molar refractivity (Wildman–Crippen MR) is 122 cm³/mol. The molecule has 1 N–H and O–H groups in total. The van der Waals surface area contributed by atoms with E-state index in [1.807, 2.05) is 72.8 Å². The van der Waals surface area contributed by atoms with E-state index in [1.165, 1.54) is 0 Å². The largest absolute Gasteiger partial charge is 0.302 e. The highest BCUT2D eigenvalue weighted by molar-refractivity contribution is 5.61. The standard InChI is InChI=1S/C28H25NO/c30-22-27(21-23-13-5-1-6-14-23)29-28(24-15-7-2-8-16-24,25-17-9-3-10-18-25)26-19-11-4-12-20-26/h1-20,22,27,29H,21H2/t27-/m0/s1. The van der Waals surface area contributed by atoms with Crippen LogP contribution in [0.4, 0.5) is 0 Å². The van der Waals surface area contributed by atoms with Gasteiger partial charge in [0, 0.05) is 0 Å². The summed E-state index contributed by atoms with van der Waals surface area (Å²) < 4.78 is 0. The SMILES string of the molecule is O=C[C@H](Cc1ccccc1)NC(c1ccccc1)(c1ccccc1)c1ccccc1. The minimum absolute atomic E-state index is 0.354. The molecule has 4 aromatic carbocycles. The molecule has 0 aliphatic rings. The van der Waals surface area contributed by atoms with E-state index in [2.05, 4.69) is 53.8 Å². The van der Waals surface area contributed by atoms with Crippen molar-refractivity contribution in [1.82, 2.24) is 5.32 Å². The second-order valence-electron chi connectivity index (χ2n) is 7.42. The highest BCUT2D eigenvalue weighted by atomic mass is 16.1. The van der Waals surface area contributed by atoms with Gasteiger partial charge in [-0.3, -0.25) is 5.32 Å². The summed E-state index contributed by atoms with van der Waals surface area (Å²) in [5.74, 6) is 0. The van der Waals surface area contributed by atoms with E-state index in [0.29, 0.717) is 6.42 Å². The van der Waals surface area contributed by atoms with Crippen LogP contribution in [0, 0.1) is 0 Å². The maximum Gasteiger partial charge on any atom is 0.137 e. The smallest absolute Gasteiger partial charge is 0.137 e. The van der Waals surface area contributed by atoms with Crippen LogP contribution in [0.3, 0.4) is 0 Å². The maximum absolute atomic E-state index is 12.2. The average molecular weight is 392 g/mol. The molecule has 4 rings (SSSR count). The molecule has 0 bridgehead atoms. The van der Waals surface area contributed by atoms with Crippen molar-refractivity contribution in [1.29, 1.82) is 0 Å². The summed E-state index contributed by atoms with van der Waals surface area (Å²) in [6.45, 7) is 0. The van der Waals surface area contributed by atoms with E-state index in [9.17, 15) is 4.79 Å². The zero-order valence-electron chi connectivity index (χ0n) is 16.8. The summed E-state index contributed by atoms with van der Waals surface area (Å²) in [6.07, 6.45) is 1.65. The Bertz CT molecular complexity index is 950. The van der Waals surface area contributed by atoms with Gasteiger partial charge in [-0.2, -0.15) is 0 Å². The van der Waals surface area contributed by atoms with Gasteiger partial charge in [-0.15, -0.1) is 0 Å². The van der Waals surface area contributed by atoms with Crippen LogP contribution in [-0.4, -0.2) is 12.3 Å². The van der Waals surface area contributed by atoms with Crippen molar-refractivity contribution in [2.45, 2.75) is 18.0 Å². The third-order valence-electron chi connectivity index (χ3n) is 5.49. The lowest BCUT2D eigenvalue weighted by molar-refractivity contribution is -0.109. The van der Waals surface area contributed by atoms with Gasteiger partial charge in [-0.25, -0.2) is 0 Å². The third-order valence-corrected chi connectivity index (χ3v) is 5.49. The normalized spacial score (nSPS) is 12.3. The van der Waals surface area contributed by atoms with Crippen LogP contribution >= 0.6 is 0 Å². The average Bonchev–Trinajstić information content (AvgIpc) is 2.84. The lowest BCUT2D eigenvalue weighted by Crippen LogP contribution is -2.51. The second kappa shape index (κ2) is 9.34. The molecular weight excluding hydrogens is 366 g/mol. The minimum Gasteiger partial charge on any atom is -0.302 e. The Morgan fingerprint density at radius 2 is 0.967 bits per heavy atom. The van der Waals surface area contributed by atoms with Crippen LogP contribution < -0.4 is 5.32 Å². The Balaban J connectivity index is 1.87. The van der Waals surface area contributed by atoms with Crippen molar-refractivity contribution in [2.75, 3.05) is 0 Å². The molecule has 0 unspecified atom stereocenters. The Morgan fingerprint density at radius 3 is 1.33 bits per heavy atom. The molecule has 0 spiro atoms. The van der Waals surface area contributed by atoms with Gasteiger partial charge in [0.05, 0.1) is 11.6 Å². The second-order valence-corrected chi connectivity index (χ2v) is 7.42. The van der Waals surface area contributed by atoms with Crippen molar-refractivity contribution in [3.05, 3.63) is 144 Å². The van der Waals surface area contributed by atoms with Gasteiger partial charge < -0.3 is 4.79 Å². The predicted octanol–water partition coefficient (Wildman–Crippen LogP) is 5.38. The van der Waals surface area contributed by atoms with Crippen LogP contribution in [-0.2, 0) is 16.8 Å². The first kappa shape index (κ1) is 19.8. The van der Waals surface area contributed by atoms with Crippen LogP contribution in [0.5, 0.6) is 0 Å². The fourth-order valence-electron chi connectivity index (χ4n) is 4.09. The molecule has 2 nitrogen and oxygen atoms in total. The summed E-state index contributed by atoms with van der Waals surface area (Å²) >= 11 is 0. The number of aldehydes is 1. The zero-order valence-corrected chi connectivity index (χ0v) is 16.8. The van der Waals surface area contributed by atoms with Crippen LogP contribution in [0.2, 0.25) is 0 Å². The molecule has 148 valence electrons. The van der Waals surface area contributed by atoms with Crippen molar-refractivity contribution < 1.29 is 4.79 Å². The molecule has 0 heterocycles. The molecule has 1 atom stereocenters. The molecule has 0 aliphatic carbocycles. The van der Waals surface area contributed by atoms with E-state index in [4.69, 9.17) is 0 Å². The van der Waals surface area contributed by atoms with E-state index in [-0.39, 0.29) is 6.04 Å². The van der Waals surface area contributed by atoms with Gasteiger partial charge in [0.15, 0.2) is 0 Å². The van der Waals surface area contributed by atoms with Gasteiger partial charge in [0.1, 0.15) is 6.29 Å². The summed E-state index contributed by atoms with van der Waals surface area (Å²) in [6, 6.07) is 40.9. The number of hydrogen-bond donors (Lipinski definition) is 1. The molecule has 4 aromatic rings. The molecule has 0 amide bonds. The first-order valence-corrected chi connectivity index (χ1v) is 10.3. The van der Waals surface area contributed by atoms with Crippen LogP contribution in [0.25, 0.3) is 0 Å². The summed E-state index contributed by atoms with van der Waals surface area (Å²) in [7, 11) is 0. The number of benzene rings is 4. The lowest BCUT2D eigenvalue weighted by Gasteiger charge is -2.39. The quantitative estimate of drug-likeness (QED) is 0.323. The molecule has 2 heteroatoms. The summed E-state index contributed by atoms with van der Waals surface area (Å²) in [5, 5.41) is 3.75. The Labute approximate surface area is 178 Å². The number of hydrogen-bond acceptors (Lipinski definition) is 2. The number of rotatable bonds is 8. The number of nitrogens with one attached hydrogen (secondary N) is 1. The lowest BCUT2D eigenvalue weighted by atomic mass is 9.76. The van der Waals surface area contributed by atoms with Crippen LogP contribution in [0.15, 0.2) is 121 Å². The molecule has 0 saturated heterocycles. The highest BCUT2D eigenvalue weighted by Gasteiger charge is 2.37. The summed E-state index contributed by atoms with van der Waals surface area (Å²) in [4.78, 5) is 12.2. The van der Waals surface area contributed by atoms with Gasteiger partial charge in [-0.05, 0) is 28.7 Å². The van der Waals surface area contributed by atoms with E-state index in [1.54, 1.807) is 0 Å². The van der Waals surface area contributed by atoms with Crippen molar-refractivity contribution in [3.8, 4) is 0 Å². The van der Waals surface area contributed by atoms with Crippen molar-refractivity contribution in [2.24, 2.45) is 0 Å².